The van der Waals surface area contributed by atoms with Crippen LogP contribution in [0.4, 0.5) is 0 Å². The third kappa shape index (κ3) is 3.40. The van der Waals surface area contributed by atoms with Crippen LogP contribution in [0.25, 0.3) is 0 Å². The minimum absolute atomic E-state index is 0.161. The van der Waals surface area contributed by atoms with Gasteiger partial charge in [-0.1, -0.05) is 0 Å². The SMILES string of the molecule is CCOC1CCCN(C(=O)C2COCCN2)C1. The van der Waals surface area contributed by atoms with Crippen molar-refractivity contribution in [1.82, 2.24) is 10.2 Å². The first kappa shape index (κ1) is 12.8. The van der Waals surface area contributed by atoms with Crippen molar-refractivity contribution in [2.45, 2.75) is 31.9 Å². The molecule has 2 atom stereocenters. The molecule has 5 nitrogen and oxygen atoms in total. The highest BCUT2D eigenvalue weighted by molar-refractivity contribution is 5.82. The lowest BCUT2D eigenvalue weighted by molar-refractivity contribution is -0.140. The highest BCUT2D eigenvalue weighted by atomic mass is 16.5. The summed E-state index contributed by atoms with van der Waals surface area (Å²) in [6.07, 6.45) is 2.30. The van der Waals surface area contributed by atoms with E-state index < -0.39 is 0 Å². The molecule has 98 valence electrons. The van der Waals surface area contributed by atoms with E-state index in [2.05, 4.69) is 5.32 Å². The van der Waals surface area contributed by atoms with Crippen molar-refractivity contribution >= 4 is 5.91 Å². The van der Waals surface area contributed by atoms with E-state index in [1.54, 1.807) is 0 Å². The molecule has 2 rings (SSSR count). The molecule has 2 unspecified atom stereocenters. The Balaban J connectivity index is 1.85. The van der Waals surface area contributed by atoms with Crippen molar-refractivity contribution in [3.63, 3.8) is 0 Å². The fourth-order valence-electron chi connectivity index (χ4n) is 2.45. The van der Waals surface area contributed by atoms with Crippen LogP contribution in [0.5, 0.6) is 0 Å². The number of likely N-dealkylation sites (tertiary alicyclic amines) is 1. The first-order valence-electron chi connectivity index (χ1n) is 6.52. The quantitative estimate of drug-likeness (QED) is 0.757. The number of hydrogen-bond donors (Lipinski definition) is 1. The Morgan fingerprint density at radius 3 is 3.18 bits per heavy atom. The normalized spacial score (nSPS) is 30.3. The molecule has 17 heavy (non-hydrogen) atoms. The van der Waals surface area contributed by atoms with Crippen molar-refractivity contribution in [2.75, 3.05) is 39.5 Å². The van der Waals surface area contributed by atoms with Gasteiger partial charge in [-0.05, 0) is 19.8 Å². The molecule has 2 saturated heterocycles. The van der Waals surface area contributed by atoms with Crippen LogP contribution >= 0.6 is 0 Å². The van der Waals surface area contributed by atoms with E-state index in [0.717, 1.165) is 39.1 Å². The summed E-state index contributed by atoms with van der Waals surface area (Å²) in [4.78, 5) is 14.1. The van der Waals surface area contributed by atoms with Crippen LogP contribution in [-0.2, 0) is 14.3 Å². The average molecular weight is 242 g/mol. The Kier molecular flexibility index (Phi) is 4.76. The van der Waals surface area contributed by atoms with Gasteiger partial charge in [0, 0.05) is 26.2 Å². The largest absolute Gasteiger partial charge is 0.378 e. The van der Waals surface area contributed by atoms with Gasteiger partial charge in [0.1, 0.15) is 6.04 Å². The number of amides is 1. The van der Waals surface area contributed by atoms with Gasteiger partial charge in [-0.3, -0.25) is 4.79 Å². The molecule has 0 aromatic heterocycles. The second kappa shape index (κ2) is 6.33. The van der Waals surface area contributed by atoms with Crippen LogP contribution in [0, 0.1) is 0 Å². The summed E-state index contributed by atoms with van der Waals surface area (Å²) >= 11 is 0. The molecule has 2 aliphatic heterocycles. The van der Waals surface area contributed by atoms with Gasteiger partial charge in [0.25, 0.3) is 0 Å². The van der Waals surface area contributed by atoms with Gasteiger partial charge < -0.3 is 19.7 Å². The minimum atomic E-state index is -0.163. The molecule has 0 aliphatic carbocycles. The van der Waals surface area contributed by atoms with Gasteiger partial charge in [0.2, 0.25) is 5.91 Å². The number of nitrogens with one attached hydrogen (secondary N) is 1. The van der Waals surface area contributed by atoms with E-state index >= 15 is 0 Å². The highest BCUT2D eigenvalue weighted by Gasteiger charge is 2.30. The summed E-state index contributed by atoms with van der Waals surface area (Å²) < 4.78 is 10.9. The molecule has 1 amide bonds. The molecule has 2 aliphatic rings. The Bertz CT molecular complexity index is 252. The zero-order chi connectivity index (χ0) is 12.1. The van der Waals surface area contributed by atoms with Gasteiger partial charge in [-0.25, -0.2) is 0 Å². The number of nitrogens with zero attached hydrogens (tertiary/aromatic N) is 1. The molecule has 0 radical (unpaired) electrons. The third-order valence-electron chi connectivity index (χ3n) is 3.31. The molecule has 0 bridgehead atoms. The van der Waals surface area contributed by atoms with Gasteiger partial charge in [-0.15, -0.1) is 0 Å². The van der Waals surface area contributed by atoms with Gasteiger partial charge in [-0.2, -0.15) is 0 Å². The molecular formula is C12H22N2O3. The summed E-state index contributed by atoms with van der Waals surface area (Å²) in [5.41, 5.74) is 0. The molecule has 1 N–H and O–H groups in total. The van der Waals surface area contributed by atoms with Gasteiger partial charge in [0.05, 0.1) is 19.3 Å². The van der Waals surface area contributed by atoms with Crippen LogP contribution in [0.1, 0.15) is 19.8 Å². The molecule has 0 aromatic rings. The maximum atomic E-state index is 12.2. The fourth-order valence-corrected chi connectivity index (χ4v) is 2.45. The minimum Gasteiger partial charge on any atom is -0.378 e. The van der Waals surface area contributed by atoms with Gasteiger partial charge >= 0.3 is 0 Å². The Labute approximate surface area is 102 Å². The third-order valence-corrected chi connectivity index (χ3v) is 3.31. The van der Waals surface area contributed by atoms with Crippen LogP contribution in [0.15, 0.2) is 0 Å². The molecular weight excluding hydrogens is 220 g/mol. The molecule has 0 aromatic carbocycles. The lowest BCUT2D eigenvalue weighted by atomic mass is 10.1. The van der Waals surface area contributed by atoms with Crippen molar-refractivity contribution < 1.29 is 14.3 Å². The zero-order valence-corrected chi connectivity index (χ0v) is 10.5. The Hall–Kier alpha value is -0.650. The number of piperidine rings is 1. The monoisotopic (exact) mass is 242 g/mol. The topological polar surface area (TPSA) is 50.8 Å². The summed E-state index contributed by atoms with van der Waals surface area (Å²) in [5, 5.41) is 3.21. The zero-order valence-electron chi connectivity index (χ0n) is 10.5. The summed E-state index contributed by atoms with van der Waals surface area (Å²) in [6, 6.07) is -0.163. The average Bonchev–Trinajstić information content (AvgIpc) is 2.40. The molecule has 2 heterocycles. The lowest BCUT2D eigenvalue weighted by Gasteiger charge is -2.35. The van der Waals surface area contributed by atoms with Crippen molar-refractivity contribution in [1.29, 1.82) is 0 Å². The van der Waals surface area contributed by atoms with Crippen molar-refractivity contribution in [2.24, 2.45) is 0 Å². The second-order valence-electron chi connectivity index (χ2n) is 4.59. The second-order valence-corrected chi connectivity index (χ2v) is 4.59. The lowest BCUT2D eigenvalue weighted by Crippen LogP contribution is -2.55. The summed E-state index contributed by atoms with van der Waals surface area (Å²) in [6.45, 7) is 6.25. The Morgan fingerprint density at radius 1 is 1.59 bits per heavy atom. The first-order valence-corrected chi connectivity index (χ1v) is 6.52. The number of carbonyl (C=O) groups excluding carboxylic acids is 1. The van der Waals surface area contributed by atoms with Crippen LogP contribution in [0.2, 0.25) is 0 Å². The molecule has 0 saturated carbocycles. The maximum Gasteiger partial charge on any atom is 0.242 e. The standard InChI is InChI=1S/C12H22N2O3/c1-2-17-10-4-3-6-14(8-10)12(15)11-9-16-7-5-13-11/h10-11,13H,2-9H2,1H3. The van der Waals surface area contributed by atoms with Crippen molar-refractivity contribution in [3.05, 3.63) is 0 Å². The van der Waals surface area contributed by atoms with Crippen LogP contribution in [0.3, 0.4) is 0 Å². The molecule has 5 heteroatoms. The smallest absolute Gasteiger partial charge is 0.242 e. The van der Waals surface area contributed by atoms with Crippen molar-refractivity contribution in [3.8, 4) is 0 Å². The first-order chi connectivity index (χ1) is 8.31. The number of morpholine rings is 1. The van der Waals surface area contributed by atoms with E-state index in [-0.39, 0.29) is 18.1 Å². The Morgan fingerprint density at radius 2 is 2.47 bits per heavy atom. The van der Waals surface area contributed by atoms with E-state index in [0.29, 0.717) is 13.2 Å². The predicted octanol–water partition coefficient (Wildman–Crippen LogP) is 0.00230. The summed E-state index contributed by atoms with van der Waals surface area (Å²) in [5.74, 6) is 0.161. The van der Waals surface area contributed by atoms with Gasteiger partial charge in [0.15, 0.2) is 0 Å². The van der Waals surface area contributed by atoms with E-state index in [1.807, 2.05) is 11.8 Å². The number of rotatable bonds is 3. The van der Waals surface area contributed by atoms with E-state index in [9.17, 15) is 4.79 Å². The molecule has 2 fully saturated rings. The number of ether oxygens (including phenoxy) is 2. The number of hydrogen-bond acceptors (Lipinski definition) is 4. The van der Waals surface area contributed by atoms with E-state index in [4.69, 9.17) is 9.47 Å². The highest BCUT2D eigenvalue weighted by Crippen LogP contribution is 2.14. The summed E-state index contributed by atoms with van der Waals surface area (Å²) in [7, 11) is 0. The van der Waals surface area contributed by atoms with Crippen LogP contribution in [-0.4, -0.2) is 62.4 Å². The molecule has 0 spiro atoms. The van der Waals surface area contributed by atoms with Crippen LogP contribution < -0.4 is 5.32 Å². The number of carbonyl (C=O) groups is 1. The fraction of sp³-hybridized carbons (Fsp3) is 0.917. The van der Waals surface area contributed by atoms with E-state index in [1.165, 1.54) is 0 Å². The predicted molar refractivity (Wildman–Crippen MR) is 63.8 cm³/mol. The maximum absolute atomic E-state index is 12.2.